The van der Waals surface area contributed by atoms with Gasteiger partial charge < -0.3 is 9.80 Å². The first kappa shape index (κ1) is 41.5. The predicted octanol–water partition coefficient (Wildman–Crippen LogP) is 17.1. The van der Waals surface area contributed by atoms with E-state index in [2.05, 4.69) is 10.9 Å². The van der Waals surface area contributed by atoms with Gasteiger partial charge in [0.05, 0.1) is 41.0 Å². The van der Waals surface area contributed by atoms with Crippen molar-refractivity contribution in [3.05, 3.63) is 220 Å². The molecule has 4 nitrogen and oxygen atoms in total. The van der Waals surface area contributed by atoms with E-state index in [0.29, 0.717) is 45.1 Å². The summed E-state index contributed by atoms with van der Waals surface area (Å²) in [6, 6.07) is 47.9. The summed E-state index contributed by atoms with van der Waals surface area (Å²) in [7, 11) is 0. The highest BCUT2D eigenvalue weighted by Crippen LogP contribution is 2.50. The highest BCUT2D eigenvalue weighted by atomic mass is 19.1. The maximum atomic E-state index is 16.7. The molecular formula is C58H38F4N4. The molecule has 0 atom stereocenters. The summed E-state index contributed by atoms with van der Waals surface area (Å²) in [5.41, 5.74) is 8.55. The van der Waals surface area contributed by atoms with Crippen LogP contribution in [0.3, 0.4) is 0 Å². The molecule has 10 aromatic rings. The zero-order valence-electron chi connectivity index (χ0n) is 36.3. The minimum Gasteiger partial charge on any atom is -0.307 e. The molecule has 0 aromatic heterocycles. The molecule has 66 heavy (non-hydrogen) atoms. The van der Waals surface area contributed by atoms with Crippen LogP contribution in [0.2, 0.25) is 0 Å². The molecule has 0 spiro atoms. The number of halogens is 4. The van der Waals surface area contributed by atoms with Crippen molar-refractivity contribution >= 4 is 72.1 Å². The number of hydrogen-bond acceptors (Lipinski definition) is 3. The van der Waals surface area contributed by atoms with Gasteiger partial charge in [0.15, 0.2) is 5.69 Å². The first-order valence-electron chi connectivity index (χ1n) is 21.4. The lowest BCUT2D eigenvalue weighted by Crippen LogP contribution is -2.14. The van der Waals surface area contributed by atoms with Crippen molar-refractivity contribution < 1.29 is 17.6 Å². The lowest BCUT2D eigenvalue weighted by Gasteiger charge is -2.30. The fourth-order valence-corrected chi connectivity index (χ4v) is 9.62. The number of benzene rings is 10. The van der Waals surface area contributed by atoms with Gasteiger partial charge in [-0.15, -0.1) is 0 Å². The molecule has 10 rings (SSSR count). The predicted molar refractivity (Wildman–Crippen MR) is 260 cm³/mol. The third-order valence-corrected chi connectivity index (χ3v) is 12.6. The van der Waals surface area contributed by atoms with E-state index in [1.54, 1.807) is 70.5 Å². The van der Waals surface area contributed by atoms with Crippen molar-refractivity contribution in [2.45, 2.75) is 27.7 Å². The molecule has 318 valence electrons. The standard InChI is InChI=1S/C58H38F4N4/c1-33-8-6-9-34(2)55(33)45-28-53(49(61)30-47(45)59)65(41-20-12-37(32-63)13-21-41)51-26-16-38-15-25-44-52(27-17-39-14-24-43(51)57(38)58(39)44)66(42-22-18-40(64-5)19-23-42)54-29-46(48(60)31-50(54)62)56-35(3)10-7-11-36(56)4/h6-31H,1-4H3. The molecule has 0 saturated heterocycles. The fourth-order valence-electron chi connectivity index (χ4n) is 9.62. The zero-order valence-corrected chi connectivity index (χ0v) is 36.3. The third-order valence-electron chi connectivity index (χ3n) is 12.6. The molecule has 0 amide bonds. The minimum atomic E-state index is -0.777. The maximum Gasteiger partial charge on any atom is 0.187 e. The minimum absolute atomic E-state index is 0.106. The van der Waals surface area contributed by atoms with Crippen molar-refractivity contribution in [1.82, 2.24) is 0 Å². The first-order chi connectivity index (χ1) is 31.9. The van der Waals surface area contributed by atoms with Crippen molar-refractivity contribution in [2.24, 2.45) is 0 Å². The summed E-state index contributed by atoms with van der Waals surface area (Å²) < 4.78 is 65.3. The molecule has 10 aromatic carbocycles. The van der Waals surface area contributed by atoms with Gasteiger partial charge in [-0.25, -0.2) is 22.4 Å². The molecule has 0 heterocycles. The topological polar surface area (TPSA) is 34.6 Å². The van der Waals surface area contributed by atoms with Crippen LogP contribution in [-0.2, 0) is 0 Å². The van der Waals surface area contributed by atoms with Gasteiger partial charge in [-0.05, 0) is 143 Å². The van der Waals surface area contributed by atoms with Gasteiger partial charge in [0.2, 0.25) is 0 Å². The average molecular weight is 867 g/mol. The smallest absolute Gasteiger partial charge is 0.187 e. The van der Waals surface area contributed by atoms with Crippen LogP contribution in [0.4, 0.5) is 57.4 Å². The summed E-state index contributed by atoms with van der Waals surface area (Å²) in [5, 5.41) is 14.7. The lowest BCUT2D eigenvalue weighted by atomic mass is 9.91. The van der Waals surface area contributed by atoms with Crippen molar-refractivity contribution in [3.63, 3.8) is 0 Å². The van der Waals surface area contributed by atoms with E-state index < -0.39 is 23.3 Å². The molecule has 0 aliphatic rings. The molecule has 0 aliphatic carbocycles. The quantitative estimate of drug-likeness (QED) is 0.0867. The average Bonchev–Trinajstić information content (AvgIpc) is 3.31. The molecule has 0 radical (unpaired) electrons. The van der Waals surface area contributed by atoms with E-state index >= 15 is 17.6 Å². The van der Waals surface area contributed by atoms with Crippen LogP contribution in [0, 0.1) is 68.9 Å². The van der Waals surface area contributed by atoms with Crippen LogP contribution < -0.4 is 9.80 Å². The maximum absolute atomic E-state index is 16.7. The van der Waals surface area contributed by atoms with E-state index in [0.717, 1.165) is 66.7 Å². The summed E-state index contributed by atoms with van der Waals surface area (Å²) in [6.45, 7) is 15.2. The molecular weight excluding hydrogens is 829 g/mol. The Labute approximate surface area is 379 Å². The Morgan fingerprint density at radius 3 is 1.24 bits per heavy atom. The molecule has 0 N–H and O–H groups in total. The number of hydrogen-bond donors (Lipinski definition) is 0. The summed E-state index contributed by atoms with van der Waals surface area (Å²) in [5.74, 6) is -2.93. The second-order valence-electron chi connectivity index (χ2n) is 16.7. The largest absolute Gasteiger partial charge is 0.307 e. The van der Waals surface area contributed by atoms with E-state index in [1.165, 1.54) is 0 Å². The summed E-state index contributed by atoms with van der Waals surface area (Å²) in [4.78, 5) is 7.10. The van der Waals surface area contributed by atoms with Crippen molar-refractivity contribution in [1.29, 1.82) is 5.26 Å². The number of nitrogens with zero attached hydrogens (tertiary/aromatic N) is 4. The molecule has 8 heteroatoms. The summed E-state index contributed by atoms with van der Waals surface area (Å²) >= 11 is 0. The third kappa shape index (κ3) is 6.83. The Bertz CT molecular complexity index is 3380. The van der Waals surface area contributed by atoms with E-state index in [-0.39, 0.29) is 22.5 Å². The Hall–Kier alpha value is -8.46. The monoisotopic (exact) mass is 866 g/mol. The van der Waals surface area contributed by atoms with Crippen LogP contribution in [0.1, 0.15) is 27.8 Å². The zero-order chi connectivity index (χ0) is 46.0. The fraction of sp³-hybridized carbons (Fsp3) is 0.0690. The van der Waals surface area contributed by atoms with Crippen molar-refractivity contribution in [2.75, 3.05) is 9.80 Å². The number of nitriles is 1. The second-order valence-corrected chi connectivity index (χ2v) is 16.7. The van der Waals surface area contributed by atoms with Crippen LogP contribution in [0.25, 0.3) is 59.4 Å². The van der Waals surface area contributed by atoms with Gasteiger partial charge in [0.1, 0.15) is 23.3 Å². The first-order valence-corrected chi connectivity index (χ1v) is 21.4. The van der Waals surface area contributed by atoms with Crippen LogP contribution >= 0.6 is 0 Å². The van der Waals surface area contributed by atoms with E-state index in [1.807, 2.05) is 113 Å². The SMILES string of the molecule is [C-]#[N+]c1ccc(N(c2cc(-c3c(C)cccc3C)c(F)cc2F)c2ccc3ccc4c(N(c5ccc(C#N)cc5)c5cc(-c6c(C)cccc6C)c(F)cc5F)ccc5ccc2c3c54)cc1. The highest BCUT2D eigenvalue weighted by molar-refractivity contribution is 6.28. The molecule has 0 aliphatic heterocycles. The van der Waals surface area contributed by atoms with E-state index in [9.17, 15) is 5.26 Å². The van der Waals surface area contributed by atoms with Gasteiger partial charge in [-0.2, -0.15) is 5.26 Å². The Kier molecular flexibility index (Phi) is 10.2. The van der Waals surface area contributed by atoms with Gasteiger partial charge in [-0.1, -0.05) is 84.9 Å². The molecule has 0 unspecified atom stereocenters. The lowest BCUT2D eigenvalue weighted by molar-refractivity contribution is 0.585. The summed E-state index contributed by atoms with van der Waals surface area (Å²) in [6.07, 6.45) is 0. The van der Waals surface area contributed by atoms with Gasteiger partial charge in [0.25, 0.3) is 0 Å². The van der Waals surface area contributed by atoms with Crippen molar-refractivity contribution in [3.8, 4) is 28.3 Å². The van der Waals surface area contributed by atoms with Crippen LogP contribution in [0.5, 0.6) is 0 Å². The Morgan fingerprint density at radius 2 is 0.848 bits per heavy atom. The molecule has 0 fully saturated rings. The van der Waals surface area contributed by atoms with Crippen LogP contribution in [0.15, 0.2) is 158 Å². The molecule has 0 saturated carbocycles. The van der Waals surface area contributed by atoms with Gasteiger partial charge >= 0.3 is 0 Å². The molecule has 0 bridgehead atoms. The van der Waals surface area contributed by atoms with E-state index in [4.69, 9.17) is 6.57 Å². The number of rotatable bonds is 8. The van der Waals surface area contributed by atoms with Crippen LogP contribution in [-0.4, -0.2) is 0 Å². The Balaban J connectivity index is 1.24. The second kappa shape index (κ2) is 16.3. The highest BCUT2D eigenvalue weighted by Gasteiger charge is 2.27. The normalized spacial score (nSPS) is 11.3. The van der Waals surface area contributed by atoms with Gasteiger partial charge in [-0.3, -0.25) is 0 Å². The number of aryl methyl sites for hydroxylation is 4. The number of anilines is 6. The van der Waals surface area contributed by atoms with Gasteiger partial charge in [0, 0.05) is 45.4 Å². The Morgan fingerprint density at radius 1 is 0.455 bits per heavy atom.